The number of ketones is 2. The van der Waals surface area contributed by atoms with Crippen LogP contribution < -0.4 is 5.73 Å². The highest BCUT2D eigenvalue weighted by Crippen LogP contribution is 2.14. The SMILES string of the molecule is NCCC1=CCC(=O)C(=O)C1. The molecule has 1 aliphatic rings. The van der Waals surface area contributed by atoms with Crippen LogP contribution in [0.5, 0.6) is 0 Å². The molecule has 0 saturated heterocycles. The van der Waals surface area contributed by atoms with Crippen molar-refractivity contribution in [2.75, 3.05) is 6.54 Å². The Hall–Kier alpha value is -0.960. The number of Topliss-reactive ketones (excluding diaryl/α,β-unsaturated/α-hetero) is 2. The zero-order valence-electron chi connectivity index (χ0n) is 6.30. The van der Waals surface area contributed by atoms with Crippen LogP contribution in [0.15, 0.2) is 11.6 Å². The smallest absolute Gasteiger partial charge is 0.202 e. The molecule has 0 aromatic heterocycles. The van der Waals surface area contributed by atoms with Crippen LogP contribution >= 0.6 is 0 Å². The van der Waals surface area contributed by atoms with Gasteiger partial charge in [-0.3, -0.25) is 9.59 Å². The minimum Gasteiger partial charge on any atom is -0.330 e. The molecule has 11 heavy (non-hydrogen) atoms. The molecule has 0 aliphatic heterocycles. The highest BCUT2D eigenvalue weighted by Gasteiger charge is 2.18. The predicted octanol–water partition coefficient (Wildman–Crippen LogP) is 0.194. The van der Waals surface area contributed by atoms with Crippen LogP contribution in [0, 0.1) is 0 Å². The summed E-state index contributed by atoms with van der Waals surface area (Å²) in [5.41, 5.74) is 6.31. The first-order valence-electron chi connectivity index (χ1n) is 3.68. The van der Waals surface area contributed by atoms with E-state index < -0.39 is 0 Å². The van der Waals surface area contributed by atoms with Crippen molar-refractivity contribution in [3.8, 4) is 0 Å². The Morgan fingerprint density at radius 2 is 2.09 bits per heavy atom. The summed E-state index contributed by atoms with van der Waals surface area (Å²) in [5.74, 6) is -0.540. The maximum Gasteiger partial charge on any atom is 0.202 e. The first kappa shape index (κ1) is 8.14. The van der Waals surface area contributed by atoms with Crippen LogP contribution in [0.4, 0.5) is 0 Å². The number of nitrogens with two attached hydrogens (primary N) is 1. The molecule has 1 rings (SSSR count). The maximum absolute atomic E-state index is 10.8. The average molecular weight is 153 g/mol. The standard InChI is InChI=1S/C8H11NO2/c9-4-3-6-1-2-7(10)8(11)5-6/h1H,2-5,9H2. The van der Waals surface area contributed by atoms with Gasteiger partial charge >= 0.3 is 0 Å². The second-order valence-electron chi connectivity index (χ2n) is 2.63. The summed E-state index contributed by atoms with van der Waals surface area (Å²) in [7, 11) is 0. The van der Waals surface area contributed by atoms with Crippen molar-refractivity contribution in [2.24, 2.45) is 5.73 Å². The number of hydrogen-bond donors (Lipinski definition) is 1. The van der Waals surface area contributed by atoms with E-state index in [4.69, 9.17) is 5.73 Å². The number of hydrogen-bond acceptors (Lipinski definition) is 3. The van der Waals surface area contributed by atoms with Gasteiger partial charge in [-0.05, 0) is 13.0 Å². The first-order valence-corrected chi connectivity index (χ1v) is 3.68. The van der Waals surface area contributed by atoms with Gasteiger partial charge in [-0.25, -0.2) is 0 Å². The minimum absolute atomic E-state index is 0.268. The number of carbonyl (C=O) groups excluding carboxylic acids is 2. The van der Waals surface area contributed by atoms with E-state index >= 15 is 0 Å². The lowest BCUT2D eigenvalue weighted by Gasteiger charge is -2.08. The van der Waals surface area contributed by atoms with Crippen molar-refractivity contribution in [3.63, 3.8) is 0 Å². The van der Waals surface area contributed by atoms with Gasteiger partial charge in [-0.2, -0.15) is 0 Å². The number of allylic oxidation sites excluding steroid dienone is 1. The van der Waals surface area contributed by atoms with Crippen molar-refractivity contribution in [1.29, 1.82) is 0 Å². The maximum atomic E-state index is 10.8. The van der Waals surface area contributed by atoms with Gasteiger partial charge in [0.25, 0.3) is 0 Å². The molecular formula is C8H11NO2. The molecule has 0 spiro atoms. The molecule has 3 nitrogen and oxygen atoms in total. The van der Waals surface area contributed by atoms with Gasteiger partial charge in [-0.15, -0.1) is 0 Å². The molecular weight excluding hydrogens is 142 g/mol. The number of carbonyl (C=O) groups is 2. The van der Waals surface area contributed by atoms with E-state index in [1.165, 1.54) is 0 Å². The van der Waals surface area contributed by atoms with Gasteiger partial charge in [-0.1, -0.05) is 11.6 Å². The molecule has 3 heteroatoms. The third-order valence-electron chi connectivity index (χ3n) is 1.74. The zero-order valence-corrected chi connectivity index (χ0v) is 6.30. The van der Waals surface area contributed by atoms with Gasteiger partial charge in [0.15, 0.2) is 0 Å². The summed E-state index contributed by atoms with van der Waals surface area (Å²) in [6.07, 6.45) is 3.11. The molecule has 0 atom stereocenters. The molecule has 0 unspecified atom stereocenters. The van der Waals surface area contributed by atoms with E-state index in [1.54, 1.807) is 0 Å². The lowest BCUT2D eigenvalue weighted by Crippen LogP contribution is -2.18. The topological polar surface area (TPSA) is 60.2 Å². The summed E-state index contributed by atoms with van der Waals surface area (Å²) in [6, 6.07) is 0. The Morgan fingerprint density at radius 3 is 2.64 bits per heavy atom. The summed E-state index contributed by atoms with van der Waals surface area (Å²) in [6.45, 7) is 0.549. The lowest BCUT2D eigenvalue weighted by atomic mass is 9.95. The molecule has 60 valence electrons. The highest BCUT2D eigenvalue weighted by molar-refractivity contribution is 6.38. The predicted molar refractivity (Wildman–Crippen MR) is 41.0 cm³/mol. The molecule has 0 aromatic rings. The summed E-state index contributed by atoms with van der Waals surface area (Å²) >= 11 is 0. The second-order valence-corrected chi connectivity index (χ2v) is 2.63. The molecule has 0 amide bonds. The van der Waals surface area contributed by atoms with Gasteiger partial charge in [0.05, 0.1) is 0 Å². The van der Waals surface area contributed by atoms with Crippen molar-refractivity contribution in [3.05, 3.63) is 11.6 Å². The van der Waals surface area contributed by atoms with Crippen LogP contribution in [0.2, 0.25) is 0 Å². The van der Waals surface area contributed by atoms with Crippen LogP contribution in [-0.4, -0.2) is 18.1 Å². The van der Waals surface area contributed by atoms with E-state index in [0.717, 1.165) is 12.0 Å². The number of rotatable bonds is 2. The van der Waals surface area contributed by atoms with Gasteiger partial charge in [0.2, 0.25) is 11.6 Å². The van der Waals surface area contributed by atoms with E-state index in [0.29, 0.717) is 6.54 Å². The Morgan fingerprint density at radius 1 is 1.36 bits per heavy atom. The normalized spacial score (nSPS) is 18.5. The molecule has 0 fully saturated rings. The van der Waals surface area contributed by atoms with Crippen LogP contribution in [0.1, 0.15) is 19.3 Å². The Bertz CT molecular complexity index is 218. The molecule has 0 aromatic carbocycles. The summed E-state index contributed by atoms with van der Waals surface area (Å²) in [4.78, 5) is 21.6. The van der Waals surface area contributed by atoms with Gasteiger partial charge in [0.1, 0.15) is 0 Å². The van der Waals surface area contributed by atoms with Gasteiger partial charge < -0.3 is 5.73 Å². The lowest BCUT2D eigenvalue weighted by molar-refractivity contribution is -0.136. The largest absolute Gasteiger partial charge is 0.330 e. The summed E-state index contributed by atoms with van der Waals surface area (Å²) in [5, 5.41) is 0. The van der Waals surface area contributed by atoms with Crippen molar-refractivity contribution >= 4 is 11.6 Å². The summed E-state index contributed by atoms with van der Waals surface area (Å²) < 4.78 is 0. The average Bonchev–Trinajstić information content (AvgIpc) is 1.98. The molecule has 0 saturated carbocycles. The fourth-order valence-corrected chi connectivity index (χ4v) is 1.10. The zero-order chi connectivity index (χ0) is 8.27. The van der Waals surface area contributed by atoms with Crippen LogP contribution in [0.3, 0.4) is 0 Å². The Labute approximate surface area is 65.3 Å². The third kappa shape index (κ3) is 1.98. The van der Waals surface area contributed by atoms with Crippen molar-refractivity contribution in [1.82, 2.24) is 0 Å². The highest BCUT2D eigenvalue weighted by atomic mass is 16.2. The van der Waals surface area contributed by atoms with E-state index in [2.05, 4.69) is 0 Å². The molecule has 0 bridgehead atoms. The third-order valence-corrected chi connectivity index (χ3v) is 1.74. The Balaban J connectivity index is 2.59. The second kappa shape index (κ2) is 3.44. The quantitative estimate of drug-likeness (QED) is 0.455. The molecule has 0 radical (unpaired) electrons. The first-order chi connectivity index (χ1) is 5.24. The van der Waals surface area contributed by atoms with Crippen molar-refractivity contribution < 1.29 is 9.59 Å². The van der Waals surface area contributed by atoms with Crippen LogP contribution in [-0.2, 0) is 9.59 Å². The fraction of sp³-hybridized carbons (Fsp3) is 0.500. The van der Waals surface area contributed by atoms with E-state index in [1.807, 2.05) is 6.08 Å². The van der Waals surface area contributed by atoms with Gasteiger partial charge in [0, 0.05) is 12.8 Å². The molecule has 2 N–H and O–H groups in total. The van der Waals surface area contributed by atoms with Crippen LogP contribution in [0.25, 0.3) is 0 Å². The van der Waals surface area contributed by atoms with E-state index in [9.17, 15) is 9.59 Å². The molecule has 0 heterocycles. The van der Waals surface area contributed by atoms with Crippen molar-refractivity contribution in [2.45, 2.75) is 19.3 Å². The van der Waals surface area contributed by atoms with E-state index in [-0.39, 0.29) is 24.4 Å². The fourth-order valence-electron chi connectivity index (χ4n) is 1.10. The molecule has 1 aliphatic carbocycles. The minimum atomic E-state index is -0.272. The Kier molecular flexibility index (Phi) is 2.54. The monoisotopic (exact) mass is 153 g/mol.